The van der Waals surface area contributed by atoms with Crippen LogP contribution in [0.25, 0.3) is 0 Å². The minimum absolute atomic E-state index is 0.241. The standard InChI is InChI=1S/C12H19NO5S/c1-17-11-4-5-12(18-2)10(8-11)9-13-6-3-7-19(14,15)16/h4-5,8,13H,3,6-7,9H2,1-2H3,(H,14,15,16). The van der Waals surface area contributed by atoms with Gasteiger partial charge in [0.1, 0.15) is 11.5 Å². The summed E-state index contributed by atoms with van der Waals surface area (Å²) in [5, 5.41) is 3.09. The Kier molecular flexibility index (Phi) is 6.07. The molecular formula is C12H19NO5S. The zero-order chi connectivity index (χ0) is 14.3. The van der Waals surface area contributed by atoms with Crippen LogP contribution in [0.1, 0.15) is 12.0 Å². The van der Waals surface area contributed by atoms with Crippen molar-refractivity contribution >= 4 is 10.1 Å². The van der Waals surface area contributed by atoms with Crippen LogP contribution in [0, 0.1) is 0 Å². The summed E-state index contributed by atoms with van der Waals surface area (Å²) in [4.78, 5) is 0. The highest BCUT2D eigenvalue weighted by Gasteiger charge is 2.06. The number of benzene rings is 1. The Morgan fingerprint density at radius 1 is 1.26 bits per heavy atom. The van der Waals surface area contributed by atoms with Gasteiger partial charge in [0.15, 0.2) is 0 Å². The Hall–Kier alpha value is -1.31. The van der Waals surface area contributed by atoms with E-state index in [0.717, 1.165) is 17.1 Å². The van der Waals surface area contributed by atoms with Crippen molar-refractivity contribution in [1.29, 1.82) is 0 Å². The maximum atomic E-state index is 10.5. The number of methoxy groups -OCH3 is 2. The van der Waals surface area contributed by atoms with E-state index in [1.807, 2.05) is 12.1 Å². The summed E-state index contributed by atoms with van der Waals surface area (Å²) in [6, 6.07) is 5.48. The molecule has 1 aromatic carbocycles. The molecule has 0 saturated carbocycles. The first-order valence-corrected chi connectivity index (χ1v) is 7.44. The molecule has 0 aliphatic rings. The van der Waals surface area contributed by atoms with Crippen LogP contribution < -0.4 is 14.8 Å². The average Bonchev–Trinajstić information content (AvgIpc) is 2.36. The maximum Gasteiger partial charge on any atom is 0.264 e. The van der Waals surface area contributed by atoms with E-state index in [9.17, 15) is 8.42 Å². The second-order valence-electron chi connectivity index (χ2n) is 3.99. The Morgan fingerprint density at radius 2 is 2.00 bits per heavy atom. The van der Waals surface area contributed by atoms with Gasteiger partial charge >= 0.3 is 0 Å². The lowest BCUT2D eigenvalue weighted by Gasteiger charge is -2.11. The number of hydrogen-bond acceptors (Lipinski definition) is 5. The van der Waals surface area contributed by atoms with Crippen molar-refractivity contribution in [3.8, 4) is 11.5 Å². The van der Waals surface area contributed by atoms with Crippen molar-refractivity contribution in [2.45, 2.75) is 13.0 Å². The molecule has 0 aliphatic carbocycles. The third kappa shape index (κ3) is 5.91. The lowest BCUT2D eigenvalue weighted by atomic mass is 10.2. The second-order valence-corrected chi connectivity index (χ2v) is 5.57. The molecule has 6 nitrogen and oxygen atoms in total. The van der Waals surface area contributed by atoms with Crippen LogP contribution in [0.4, 0.5) is 0 Å². The largest absolute Gasteiger partial charge is 0.497 e. The first kappa shape index (κ1) is 15.7. The Labute approximate surface area is 113 Å². The van der Waals surface area contributed by atoms with Crippen molar-refractivity contribution < 1.29 is 22.4 Å². The Balaban J connectivity index is 2.48. The van der Waals surface area contributed by atoms with Crippen LogP contribution in [0.15, 0.2) is 18.2 Å². The fraction of sp³-hybridized carbons (Fsp3) is 0.500. The van der Waals surface area contributed by atoms with Gasteiger partial charge in [-0.25, -0.2) is 0 Å². The fourth-order valence-corrected chi connectivity index (χ4v) is 2.13. The highest BCUT2D eigenvalue weighted by atomic mass is 32.2. The Morgan fingerprint density at radius 3 is 2.58 bits per heavy atom. The molecule has 0 atom stereocenters. The zero-order valence-corrected chi connectivity index (χ0v) is 11.9. The molecule has 0 aromatic heterocycles. The van der Waals surface area contributed by atoms with E-state index in [4.69, 9.17) is 14.0 Å². The van der Waals surface area contributed by atoms with Gasteiger partial charge in [-0.3, -0.25) is 4.55 Å². The minimum Gasteiger partial charge on any atom is -0.497 e. The van der Waals surface area contributed by atoms with E-state index in [1.165, 1.54) is 0 Å². The third-order valence-electron chi connectivity index (χ3n) is 2.56. The van der Waals surface area contributed by atoms with Gasteiger partial charge in [-0.1, -0.05) is 0 Å². The maximum absolute atomic E-state index is 10.5. The molecule has 2 N–H and O–H groups in total. The van der Waals surface area contributed by atoms with Crippen molar-refractivity contribution in [2.24, 2.45) is 0 Å². The average molecular weight is 289 g/mol. The summed E-state index contributed by atoms with van der Waals surface area (Å²) in [5.74, 6) is 1.23. The van der Waals surface area contributed by atoms with Gasteiger partial charge in [0.05, 0.1) is 20.0 Å². The van der Waals surface area contributed by atoms with Gasteiger partial charge in [0, 0.05) is 12.1 Å². The SMILES string of the molecule is COc1ccc(OC)c(CNCCCS(=O)(=O)O)c1. The fourth-order valence-electron chi connectivity index (χ4n) is 1.62. The topological polar surface area (TPSA) is 84.9 Å². The smallest absolute Gasteiger partial charge is 0.264 e. The first-order valence-electron chi connectivity index (χ1n) is 5.83. The third-order valence-corrected chi connectivity index (χ3v) is 3.36. The normalized spacial score (nSPS) is 11.3. The van der Waals surface area contributed by atoms with E-state index in [1.54, 1.807) is 20.3 Å². The minimum atomic E-state index is -3.88. The summed E-state index contributed by atoms with van der Waals surface area (Å²) < 4.78 is 40.0. The van der Waals surface area contributed by atoms with Crippen molar-refractivity contribution in [3.63, 3.8) is 0 Å². The molecule has 0 unspecified atom stereocenters. The zero-order valence-electron chi connectivity index (χ0n) is 11.0. The van der Waals surface area contributed by atoms with E-state index in [0.29, 0.717) is 19.5 Å². The molecule has 0 amide bonds. The molecule has 1 aromatic rings. The van der Waals surface area contributed by atoms with Crippen LogP contribution in [-0.2, 0) is 16.7 Å². The molecule has 0 saturated heterocycles. The summed E-state index contributed by atoms with van der Waals surface area (Å²) in [7, 11) is -0.702. The predicted molar refractivity (Wildman–Crippen MR) is 72.3 cm³/mol. The number of hydrogen-bond donors (Lipinski definition) is 2. The van der Waals surface area contributed by atoms with Crippen LogP contribution in [0.2, 0.25) is 0 Å². The van der Waals surface area contributed by atoms with E-state index in [2.05, 4.69) is 5.32 Å². The number of rotatable bonds is 8. The Bertz CT molecular complexity index is 501. The van der Waals surface area contributed by atoms with Gasteiger partial charge in [-0.15, -0.1) is 0 Å². The van der Waals surface area contributed by atoms with Gasteiger partial charge in [-0.2, -0.15) is 8.42 Å². The predicted octanol–water partition coefficient (Wildman–Crippen LogP) is 1.07. The van der Waals surface area contributed by atoms with Crippen LogP contribution in [-0.4, -0.2) is 39.5 Å². The van der Waals surface area contributed by atoms with Gasteiger partial charge in [0.25, 0.3) is 10.1 Å². The summed E-state index contributed by atoms with van der Waals surface area (Å²) in [6.07, 6.45) is 0.352. The molecule has 0 bridgehead atoms. The molecule has 0 radical (unpaired) electrons. The highest BCUT2D eigenvalue weighted by Crippen LogP contribution is 2.23. The first-order chi connectivity index (χ1) is 8.96. The van der Waals surface area contributed by atoms with Crippen molar-refractivity contribution in [1.82, 2.24) is 5.32 Å². The lowest BCUT2D eigenvalue weighted by Crippen LogP contribution is -2.18. The molecule has 0 aliphatic heterocycles. The molecule has 108 valence electrons. The van der Waals surface area contributed by atoms with Gasteiger partial charge < -0.3 is 14.8 Å². The number of ether oxygens (including phenoxy) is 2. The lowest BCUT2D eigenvalue weighted by molar-refractivity contribution is 0.397. The highest BCUT2D eigenvalue weighted by molar-refractivity contribution is 7.85. The quantitative estimate of drug-likeness (QED) is 0.550. The van der Waals surface area contributed by atoms with Crippen molar-refractivity contribution in [2.75, 3.05) is 26.5 Å². The molecule has 19 heavy (non-hydrogen) atoms. The van der Waals surface area contributed by atoms with Crippen LogP contribution in [0.3, 0.4) is 0 Å². The molecule has 1 rings (SSSR count). The van der Waals surface area contributed by atoms with Crippen LogP contribution in [0.5, 0.6) is 11.5 Å². The van der Waals surface area contributed by atoms with Gasteiger partial charge in [-0.05, 0) is 31.2 Å². The van der Waals surface area contributed by atoms with E-state index in [-0.39, 0.29) is 5.75 Å². The number of nitrogens with one attached hydrogen (secondary N) is 1. The van der Waals surface area contributed by atoms with Gasteiger partial charge in [0.2, 0.25) is 0 Å². The molecule has 0 heterocycles. The summed E-state index contributed by atoms with van der Waals surface area (Å²) in [6.45, 7) is 1.02. The summed E-state index contributed by atoms with van der Waals surface area (Å²) >= 11 is 0. The summed E-state index contributed by atoms with van der Waals surface area (Å²) in [5.41, 5.74) is 0.925. The van der Waals surface area contributed by atoms with Crippen molar-refractivity contribution in [3.05, 3.63) is 23.8 Å². The van der Waals surface area contributed by atoms with E-state index < -0.39 is 10.1 Å². The van der Waals surface area contributed by atoms with E-state index >= 15 is 0 Å². The molecule has 0 spiro atoms. The molecule has 0 fully saturated rings. The second kappa shape index (κ2) is 7.32. The molecular weight excluding hydrogens is 270 g/mol. The van der Waals surface area contributed by atoms with Crippen LogP contribution >= 0.6 is 0 Å². The molecule has 7 heteroatoms. The monoisotopic (exact) mass is 289 g/mol.